The van der Waals surface area contributed by atoms with Gasteiger partial charge in [-0.1, -0.05) is 0 Å². The molecule has 0 aromatic heterocycles. The summed E-state index contributed by atoms with van der Waals surface area (Å²) in [5.74, 6) is -3.90. The maximum absolute atomic E-state index is 12.7. The lowest BCUT2D eigenvalue weighted by Gasteiger charge is -2.32. The van der Waals surface area contributed by atoms with Gasteiger partial charge in [0.15, 0.2) is 0 Å². The number of rotatable bonds is 3. The van der Waals surface area contributed by atoms with Gasteiger partial charge in [-0.05, 0) is 18.8 Å². The Morgan fingerprint density at radius 2 is 1.71 bits per heavy atom. The molecule has 1 nitrogen and oxygen atoms in total. The van der Waals surface area contributed by atoms with Crippen LogP contribution in [-0.2, 0) is 0 Å². The molecule has 1 fully saturated rings. The Morgan fingerprint density at radius 3 is 2.07 bits per heavy atom. The van der Waals surface area contributed by atoms with Gasteiger partial charge in [0.2, 0.25) is 12.3 Å². The van der Waals surface area contributed by atoms with Gasteiger partial charge >= 0.3 is 0 Å². The summed E-state index contributed by atoms with van der Waals surface area (Å²) in [5.41, 5.74) is 5.20. The van der Waals surface area contributed by atoms with Gasteiger partial charge in [-0.25, -0.2) is 17.6 Å². The molecule has 0 aromatic rings. The Labute approximate surface area is 80.7 Å². The molecule has 1 aliphatic rings. The second-order valence-corrected chi connectivity index (χ2v) is 3.93. The van der Waals surface area contributed by atoms with Crippen LogP contribution in [0.3, 0.4) is 0 Å². The molecule has 0 aliphatic heterocycles. The van der Waals surface area contributed by atoms with E-state index >= 15 is 0 Å². The van der Waals surface area contributed by atoms with Crippen molar-refractivity contribution in [3.05, 3.63) is 0 Å². The third-order valence-corrected chi connectivity index (χ3v) is 2.96. The predicted octanol–water partition coefficient (Wildman–Crippen LogP) is 2.65. The van der Waals surface area contributed by atoms with E-state index in [-0.39, 0.29) is 38.1 Å². The predicted molar refractivity (Wildman–Crippen MR) is 45.5 cm³/mol. The average molecular weight is 213 g/mol. The Kier molecular flexibility index (Phi) is 3.75. The monoisotopic (exact) mass is 213 g/mol. The maximum atomic E-state index is 12.7. The van der Waals surface area contributed by atoms with E-state index in [0.29, 0.717) is 0 Å². The fraction of sp³-hybridized carbons (Fsp3) is 1.00. The van der Waals surface area contributed by atoms with Crippen molar-refractivity contribution >= 4 is 0 Å². The number of nitrogens with two attached hydrogens (primary N) is 1. The maximum Gasteiger partial charge on any atom is 0.248 e. The lowest BCUT2D eigenvalue weighted by atomic mass is 9.78. The van der Waals surface area contributed by atoms with Crippen LogP contribution in [0.1, 0.15) is 25.7 Å². The van der Waals surface area contributed by atoms with E-state index in [1.807, 2.05) is 0 Å². The van der Waals surface area contributed by atoms with Crippen molar-refractivity contribution in [1.29, 1.82) is 0 Å². The van der Waals surface area contributed by atoms with Crippen molar-refractivity contribution in [3.8, 4) is 0 Å². The van der Waals surface area contributed by atoms with E-state index in [4.69, 9.17) is 5.73 Å². The first-order valence-corrected chi connectivity index (χ1v) is 4.82. The highest BCUT2D eigenvalue weighted by Crippen LogP contribution is 2.40. The summed E-state index contributed by atoms with van der Waals surface area (Å²) in [6.07, 6.45) is -2.71. The molecule has 2 N–H and O–H groups in total. The van der Waals surface area contributed by atoms with Gasteiger partial charge in [0.05, 0.1) is 0 Å². The molecule has 1 atom stereocenters. The standard InChI is InChI=1S/C9H15F4N/c10-8(11)7(5-14)6-1-3-9(12,13)4-2-6/h6-8H,1-5,14H2. The average Bonchev–Trinajstić information content (AvgIpc) is 2.08. The van der Waals surface area contributed by atoms with E-state index in [0.717, 1.165) is 0 Å². The minimum atomic E-state index is -2.65. The number of halogens is 4. The normalized spacial score (nSPS) is 25.3. The second-order valence-electron chi connectivity index (χ2n) is 3.93. The Bertz CT molecular complexity index is 174. The van der Waals surface area contributed by atoms with Crippen molar-refractivity contribution in [2.75, 3.05) is 6.54 Å². The van der Waals surface area contributed by atoms with Crippen LogP contribution in [-0.4, -0.2) is 18.9 Å². The van der Waals surface area contributed by atoms with Gasteiger partial charge in [0, 0.05) is 25.3 Å². The van der Waals surface area contributed by atoms with Crippen LogP contribution in [0.2, 0.25) is 0 Å². The van der Waals surface area contributed by atoms with Gasteiger partial charge in [0.25, 0.3) is 0 Å². The second kappa shape index (κ2) is 4.47. The molecule has 5 heteroatoms. The van der Waals surface area contributed by atoms with Crippen molar-refractivity contribution in [1.82, 2.24) is 0 Å². The highest BCUT2D eigenvalue weighted by atomic mass is 19.3. The molecule has 0 amide bonds. The summed E-state index contributed by atoms with van der Waals surface area (Å²) in [7, 11) is 0. The first-order chi connectivity index (χ1) is 6.46. The fourth-order valence-electron chi connectivity index (χ4n) is 1.99. The smallest absolute Gasteiger partial charge is 0.248 e. The van der Waals surface area contributed by atoms with E-state index < -0.39 is 18.3 Å². The van der Waals surface area contributed by atoms with Gasteiger partial charge < -0.3 is 5.73 Å². The first kappa shape index (κ1) is 11.8. The molecule has 0 aromatic carbocycles. The highest BCUT2D eigenvalue weighted by Gasteiger charge is 2.39. The number of hydrogen-bond donors (Lipinski definition) is 1. The van der Waals surface area contributed by atoms with Gasteiger partial charge in [-0.2, -0.15) is 0 Å². The molecule has 1 aliphatic carbocycles. The molecule has 0 heterocycles. The molecule has 1 unspecified atom stereocenters. The largest absolute Gasteiger partial charge is 0.330 e. The highest BCUT2D eigenvalue weighted by molar-refractivity contribution is 4.82. The van der Waals surface area contributed by atoms with Crippen molar-refractivity contribution in [2.24, 2.45) is 17.6 Å². The summed E-state index contributed by atoms with van der Waals surface area (Å²) in [6.45, 7) is -0.117. The van der Waals surface area contributed by atoms with E-state index in [1.54, 1.807) is 0 Å². The molecule has 0 saturated heterocycles. The zero-order valence-electron chi connectivity index (χ0n) is 7.86. The van der Waals surface area contributed by atoms with Crippen LogP contribution in [0.4, 0.5) is 17.6 Å². The van der Waals surface area contributed by atoms with Crippen LogP contribution in [0.5, 0.6) is 0 Å². The van der Waals surface area contributed by atoms with Crippen LogP contribution >= 0.6 is 0 Å². The minimum absolute atomic E-state index is 0.117. The molecule has 84 valence electrons. The third kappa shape index (κ3) is 2.83. The molecule has 0 bridgehead atoms. The lowest BCUT2D eigenvalue weighted by Crippen LogP contribution is -2.35. The summed E-state index contributed by atoms with van der Waals surface area (Å²) in [5, 5.41) is 0. The van der Waals surface area contributed by atoms with E-state index in [2.05, 4.69) is 0 Å². The number of hydrogen-bond acceptors (Lipinski definition) is 1. The summed E-state index contributed by atoms with van der Waals surface area (Å²) in [6, 6.07) is 0. The van der Waals surface area contributed by atoms with Crippen LogP contribution < -0.4 is 5.73 Å². The summed E-state index contributed by atoms with van der Waals surface area (Å²) in [4.78, 5) is 0. The topological polar surface area (TPSA) is 26.0 Å². The fourth-order valence-corrected chi connectivity index (χ4v) is 1.99. The van der Waals surface area contributed by atoms with Gasteiger partial charge in [-0.15, -0.1) is 0 Å². The van der Waals surface area contributed by atoms with Gasteiger partial charge in [-0.3, -0.25) is 0 Å². The lowest BCUT2D eigenvalue weighted by molar-refractivity contribution is -0.0648. The summed E-state index contributed by atoms with van der Waals surface area (Å²) < 4.78 is 50.3. The molecular weight excluding hydrogens is 198 g/mol. The zero-order valence-corrected chi connectivity index (χ0v) is 7.86. The quantitative estimate of drug-likeness (QED) is 0.716. The van der Waals surface area contributed by atoms with Crippen LogP contribution in [0.25, 0.3) is 0 Å². The molecule has 1 rings (SSSR count). The van der Waals surface area contributed by atoms with Crippen LogP contribution in [0.15, 0.2) is 0 Å². The first-order valence-electron chi connectivity index (χ1n) is 4.82. The Balaban J connectivity index is 2.47. The molecule has 0 radical (unpaired) electrons. The van der Waals surface area contributed by atoms with Gasteiger partial charge in [0.1, 0.15) is 0 Å². The minimum Gasteiger partial charge on any atom is -0.330 e. The van der Waals surface area contributed by atoms with Crippen LogP contribution in [0, 0.1) is 11.8 Å². The molecular formula is C9H15F4N. The molecule has 1 saturated carbocycles. The van der Waals surface area contributed by atoms with Crippen molar-refractivity contribution in [3.63, 3.8) is 0 Å². The molecule has 14 heavy (non-hydrogen) atoms. The van der Waals surface area contributed by atoms with Crippen molar-refractivity contribution in [2.45, 2.75) is 38.0 Å². The Morgan fingerprint density at radius 1 is 1.21 bits per heavy atom. The zero-order chi connectivity index (χ0) is 10.8. The SMILES string of the molecule is NCC(C(F)F)C1CCC(F)(F)CC1. The summed E-state index contributed by atoms with van der Waals surface area (Å²) >= 11 is 0. The van der Waals surface area contributed by atoms with E-state index in [9.17, 15) is 17.6 Å². The van der Waals surface area contributed by atoms with Crippen molar-refractivity contribution < 1.29 is 17.6 Å². The molecule has 0 spiro atoms. The van der Waals surface area contributed by atoms with E-state index in [1.165, 1.54) is 0 Å². The Hall–Kier alpha value is -0.320. The third-order valence-electron chi connectivity index (χ3n) is 2.96. The number of alkyl halides is 4.